The number of rotatable bonds is 6. The fourth-order valence-corrected chi connectivity index (χ4v) is 3.08. The summed E-state index contributed by atoms with van der Waals surface area (Å²) in [4.78, 5) is 27.3. The molecule has 1 aromatic rings. The maximum absolute atomic E-state index is 12.0. The van der Waals surface area contributed by atoms with Gasteiger partial charge in [-0.2, -0.15) is 0 Å². The lowest BCUT2D eigenvalue weighted by Gasteiger charge is -2.34. The average molecular weight is 347 g/mol. The number of piperazine rings is 1. The maximum Gasteiger partial charge on any atom is 0.321 e. The molecule has 6 heteroatoms. The minimum Gasteiger partial charge on any atom is -0.360 e. The van der Waals surface area contributed by atoms with Crippen molar-refractivity contribution in [2.45, 2.75) is 27.2 Å². The number of anilines is 1. The Morgan fingerprint density at radius 1 is 1.20 bits per heavy atom. The molecule has 138 valence electrons. The van der Waals surface area contributed by atoms with Crippen LogP contribution in [0.3, 0.4) is 0 Å². The lowest BCUT2D eigenvalue weighted by Crippen LogP contribution is -3.16. The molecule has 1 saturated heterocycles. The first-order chi connectivity index (χ1) is 12.0. The fraction of sp³-hybridized carbons (Fsp3) is 0.579. The Kier molecular flexibility index (Phi) is 7.25. The molecular weight excluding hydrogens is 316 g/mol. The molecular formula is C19H31N4O2+. The number of hydrogen-bond donors (Lipinski definition) is 3. The first-order valence-electron chi connectivity index (χ1n) is 9.17. The van der Waals surface area contributed by atoms with Crippen molar-refractivity contribution in [3.05, 3.63) is 29.8 Å². The summed E-state index contributed by atoms with van der Waals surface area (Å²) < 4.78 is 0. The molecule has 0 bridgehead atoms. The molecule has 1 aromatic carbocycles. The topological polar surface area (TPSA) is 65.9 Å². The number of hydrogen-bond acceptors (Lipinski definition) is 3. The van der Waals surface area contributed by atoms with Gasteiger partial charge >= 0.3 is 6.03 Å². The minimum absolute atomic E-state index is 0.207. The van der Waals surface area contributed by atoms with Crippen LogP contribution in [0, 0.1) is 12.8 Å². The van der Waals surface area contributed by atoms with Crippen LogP contribution < -0.4 is 20.4 Å². The zero-order valence-corrected chi connectivity index (χ0v) is 15.6. The highest BCUT2D eigenvalue weighted by atomic mass is 16.2. The fourth-order valence-electron chi connectivity index (χ4n) is 3.08. The van der Waals surface area contributed by atoms with Gasteiger partial charge in [0.2, 0.25) is 0 Å². The van der Waals surface area contributed by atoms with E-state index in [4.69, 9.17) is 0 Å². The number of para-hydroxylation sites is 1. The first kappa shape index (κ1) is 19.2. The molecule has 25 heavy (non-hydrogen) atoms. The standard InChI is InChI=1S/C19H30N4O2/c1-15(2)8-9-20-19(25)21-18(24)14-22-10-12-23(13-11-22)17-7-5-4-6-16(17)3/h4-7,15H,8-14H2,1-3H3,(H2,20,21,24,25)/p+1. The van der Waals surface area contributed by atoms with Crippen LogP contribution in [0.1, 0.15) is 25.8 Å². The first-order valence-corrected chi connectivity index (χ1v) is 9.17. The number of nitrogens with one attached hydrogen (secondary N) is 3. The van der Waals surface area contributed by atoms with Crippen LogP contribution in [0.25, 0.3) is 0 Å². The van der Waals surface area contributed by atoms with Gasteiger partial charge in [-0.25, -0.2) is 4.79 Å². The Morgan fingerprint density at radius 3 is 2.52 bits per heavy atom. The highest BCUT2D eigenvalue weighted by Gasteiger charge is 2.23. The van der Waals surface area contributed by atoms with Crippen molar-refractivity contribution in [1.82, 2.24) is 10.6 Å². The van der Waals surface area contributed by atoms with Crippen LogP contribution in [0.2, 0.25) is 0 Å². The summed E-state index contributed by atoms with van der Waals surface area (Å²) in [6.07, 6.45) is 0.910. The largest absolute Gasteiger partial charge is 0.360 e. The molecule has 1 fully saturated rings. The molecule has 3 N–H and O–H groups in total. The Labute approximate surface area is 150 Å². The number of amides is 3. The normalized spacial score (nSPS) is 15.3. The molecule has 0 unspecified atom stereocenters. The molecule has 0 spiro atoms. The van der Waals surface area contributed by atoms with Crippen molar-refractivity contribution in [3.63, 3.8) is 0 Å². The monoisotopic (exact) mass is 347 g/mol. The van der Waals surface area contributed by atoms with E-state index in [0.717, 1.165) is 32.6 Å². The number of carbonyl (C=O) groups excluding carboxylic acids is 2. The summed E-state index contributed by atoms with van der Waals surface area (Å²) in [5, 5.41) is 5.16. The van der Waals surface area contributed by atoms with E-state index in [0.29, 0.717) is 19.0 Å². The lowest BCUT2D eigenvalue weighted by molar-refractivity contribution is -0.892. The van der Waals surface area contributed by atoms with Crippen LogP contribution in [0.5, 0.6) is 0 Å². The quantitative estimate of drug-likeness (QED) is 0.705. The molecule has 0 saturated carbocycles. The van der Waals surface area contributed by atoms with Gasteiger partial charge < -0.3 is 15.1 Å². The van der Waals surface area contributed by atoms with Gasteiger partial charge in [-0.15, -0.1) is 0 Å². The molecule has 2 rings (SSSR count). The summed E-state index contributed by atoms with van der Waals surface area (Å²) in [5.74, 6) is 0.325. The summed E-state index contributed by atoms with van der Waals surface area (Å²) in [7, 11) is 0. The number of carbonyl (C=O) groups is 2. The summed E-state index contributed by atoms with van der Waals surface area (Å²) in [6, 6.07) is 8.00. The van der Waals surface area contributed by atoms with Gasteiger partial charge in [0, 0.05) is 12.2 Å². The lowest BCUT2D eigenvalue weighted by atomic mass is 10.1. The Bertz CT molecular complexity index is 581. The summed E-state index contributed by atoms with van der Waals surface area (Å²) in [6.45, 7) is 10.9. The third kappa shape index (κ3) is 6.38. The SMILES string of the molecule is Cc1ccccc1N1CC[NH+](CC(=O)NC(=O)NCCC(C)C)CC1. The third-order valence-electron chi connectivity index (χ3n) is 4.60. The predicted molar refractivity (Wildman–Crippen MR) is 100.0 cm³/mol. The number of urea groups is 1. The zero-order valence-electron chi connectivity index (χ0n) is 15.6. The molecule has 0 radical (unpaired) electrons. The highest BCUT2D eigenvalue weighted by Crippen LogP contribution is 2.18. The number of aryl methyl sites for hydroxylation is 1. The second kappa shape index (κ2) is 9.42. The van der Waals surface area contributed by atoms with E-state index in [9.17, 15) is 9.59 Å². The number of benzene rings is 1. The van der Waals surface area contributed by atoms with Crippen molar-refractivity contribution in [1.29, 1.82) is 0 Å². The Balaban J connectivity index is 1.70. The third-order valence-corrected chi connectivity index (χ3v) is 4.60. The van der Waals surface area contributed by atoms with Gasteiger partial charge in [0.05, 0.1) is 26.2 Å². The molecule has 0 aromatic heterocycles. The number of imide groups is 1. The van der Waals surface area contributed by atoms with Crippen molar-refractivity contribution >= 4 is 17.6 Å². The molecule has 1 heterocycles. The molecule has 1 aliphatic rings. The van der Waals surface area contributed by atoms with Gasteiger partial charge in [-0.3, -0.25) is 10.1 Å². The van der Waals surface area contributed by atoms with Crippen LogP contribution in [-0.2, 0) is 4.79 Å². The van der Waals surface area contributed by atoms with Crippen molar-refractivity contribution in [2.24, 2.45) is 5.92 Å². The van der Waals surface area contributed by atoms with E-state index in [1.54, 1.807) is 0 Å². The molecule has 3 amide bonds. The van der Waals surface area contributed by atoms with Gasteiger partial charge in [0.15, 0.2) is 6.54 Å². The predicted octanol–water partition coefficient (Wildman–Crippen LogP) is 0.572. The number of quaternary nitrogens is 1. The zero-order chi connectivity index (χ0) is 18.2. The van der Waals surface area contributed by atoms with Crippen LogP contribution in [-0.4, -0.2) is 51.2 Å². The summed E-state index contributed by atoms with van der Waals surface area (Å²) in [5.41, 5.74) is 2.55. The van der Waals surface area contributed by atoms with Gasteiger partial charge in [0.25, 0.3) is 5.91 Å². The van der Waals surface area contributed by atoms with E-state index < -0.39 is 0 Å². The summed E-state index contributed by atoms with van der Waals surface area (Å²) >= 11 is 0. The van der Waals surface area contributed by atoms with Gasteiger partial charge in [0.1, 0.15) is 0 Å². The van der Waals surface area contributed by atoms with Crippen molar-refractivity contribution in [3.8, 4) is 0 Å². The molecule has 1 aliphatic heterocycles. The van der Waals surface area contributed by atoms with E-state index >= 15 is 0 Å². The average Bonchev–Trinajstić information content (AvgIpc) is 2.55. The second-order valence-corrected chi connectivity index (χ2v) is 7.19. The van der Waals surface area contributed by atoms with Crippen molar-refractivity contribution < 1.29 is 14.5 Å². The Morgan fingerprint density at radius 2 is 1.88 bits per heavy atom. The van der Waals surface area contributed by atoms with Crippen LogP contribution >= 0.6 is 0 Å². The molecule has 6 nitrogen and oxygen atoms in total. The molecule has 0 atom stereocenters. The highest BCUT2D eigenvalue weighted by molar-refractivity contribution is 5.94. The molecule has 0 aliphatic carbocycles. The minimum atomic E-state index is -0.386. The second-order valence-electron chi connectivity index (χ2n) is 7.19. The van der Waals surface area contributed by atoms with E-state index in [1.807, 2.05) is 0 Å². The van der Waals surface area contributed by atoms with Crippen molar-refractivity contribution in [2.75, 3.05) is 44.2 Å². The van der Waals surface area contributed by atoms with E-state index in [1.165, 1.54) is 16.2 Å². The number of nitrogens with zero attached hydrogens (tertiary/aromatic N) is 1. The van der Waals surface area contributed by atoms with Gasteiger partial charge in [-0.05, 0) is 30.9 Å². The Hall–Kier alpha value is -2.08. The van der Waals surface area contributed by atoms with E-state index in [-0.39, 0.29) is 11.9 Å². The smallest absolute Gasteiger partial charge is 0.321 e. The maximum atomic E-state index is 12.0. The van der Waals surface area contributed by atoms with Crippen LogP contribution in [0.15, 0.2) is 24.3 Å². The van der Waals surface area contributed by atoms with Gasteiger partial charge in [-0.1, -0.05) is 32.0 Å². The van der Waals surface area contributed by atoms with E-state index in [2.05, 4.69) is 60.6 Å². The van der Waals surface area contributed by atoms with Crippen LogP contribution in [0.4, 0.5) is 10.5 Å².